The van der Waals surface area contributed by atoms with Gasteiger partial charge in [0, 0.05) is 50.0 Å². The molecule has 3 amide bonds. The molecule has 0 unspecified atom stereocenters. The zero-order valence-corrected chi connectivity index (χ0v) is 16.9. The minimum atomic E-state index is -0.454. The van der Waals surface area contributed by atoms with E-state index in [1.807, 2.05) is 43.0 Å². The second-order valence-electron chi connectivity index (χ2n) is 7.65. The van der Waals surface area contributed by atoms with Gasteiger partial charge in [-0.25, -0.2) is 4.79 Å². The number of nitrogens with one attached hydrogen (secondary N) is 1. The largest absolute Gasteiger partial charge is 0.368 e. The molecule has 27 heavy (non-hydrogen) atoms. The van der Waals surface area contributed by atoms with Crippen molar-refractivity contribution in [2.45, 2.75) is 32.7 Å². The molecule has 3 rings (SSSR count). The first kappa shape index (κ1) is 19.8. The van der Waals surface area contributed by atoms with Crippen molar-refractivity contribution in [2.24, 2.45) is 5.92 Å². The summed E-state index contributed by atoms with van der Waals surface area (Å²) in [6.07, 6.45) is 2.11. The van der Waals surface area contributed by atoms with E-state index in [9.17, 15) is 9.59 Å². The fourth-order valence-corrected chi connectivity index (χ4v) is 3.82. The van der Waals surface area contributed by atoms with Crippen molar-refractivity contribution >= 4 is 29.2 Å². The predicted octanol–water partition coefficient (Wildman–Crippen LogP) is 2.82. The number of rotatable bonds is 4. The van der Waals surface area contributed by atoms with Crippen LogP contribution in [0.25, 0.3) is 0 Å². The minimum absolute atomic E-state index is 0.0515. The fourth-order valence-electron chi connectivity index (χ4n) is 3.69. The average Bonchev–Trinajstić information content (AvgIpc) is 3.21. The molecular formula is C20H29ClN4O2. The summed E-state index contributed by atoms with van der Waals surface area (Å²) in [7, 11) is 0. The number of likely N-dealkylation sites (tertiary alicyclic amines) is 1. The van der Waals surface area contributed by atoms with Gasteiger partial charge >= 0.3 is 6.03 Å². The normalized spacial score (nSPS) is 18.7. The van der Waals surface area contributed by atoms with Crippen LogP contribution in [0.5, 0.6) is 0 Å². The third-order valence-corrected chi connectivity index (χ3v) is 5.64. The number of hydrogen-bond donors (Lipinski definition) is 1. The van der Waals surface area contributed by atoms with Gasteiger partial charge in [0.05, 0.1) is 0 Å². The van der Waals surface area contributed by atoms with Gasteiger partial charge in [0.25, 0.3) is 0 Å². The zero-order chi connectivity index (χ0) is 19.4. The van der Waals surface area contributed by atoms with Crippen molar-refractivity contribution in [1.29, 1.82) is 0 Å². The fraction of sp³-hybridized carbons (Fsp3) is 0.600. The van der Waals surface area contributed by atoms with E-state index >= 15 is 0 Å². The molecule has 1 aromatic carbocycles. The predicted molar refractivity (Wildman–Crippen MR) is 108 cm³/mol. The number of amides is 3. The smallest absolute Gasteiger partial charge is 0.318 e. The highest BCUT2D eigenvalue weighted by Gasteiger charge is 2.32. The van der Waals surface area contributed by atoms with E-state index < -0.39 is 6.04 Å². The number of hydrogen-bond acceptors (Lipinski definition) is 3. The van der Waals surface area contributed by atoms with Crippen molar-refractivity contribution in [1.82, 2.24) is 15.1 Å². The molecule has 6 nitrogen and oxygen atoms in total. The quantitative estimate of drug-likeness (QED) is 0.857. The van der Waals surface area contributed by atoms with E-state index in [1.54, 1.807) is 4.90 Å². The maximum Gasteiger partial charge on any atom is 0.318 e. The third-order valence-electron chi connectivity index (χ3n) is 5.39. The van der Waals surface area contributed by atoms with E-state index in [-0.39, 0.29) is 17.9 Å². The number of anilines is 1. The summed E-state index contributed by atoms with van der Waals surface area (Å²) in [5, 5.41) is 3.71. The first-order chi connectivity index (χ1) is 13.0. The van der Waals surface area contributed by atoms with Gasteiger partial charge in [0.2, 0.25) is 5.91 Å². The van der Waals surface area contributed by atoms with Crippen LogP contribution >= 0.6 is 11.6 Å². The maximum atomic E-state index is 12.7. The molecule has 0 saturated carbocycles. The number of urea groups is 1. The van der Waals surface area contributed by atoms with Crippen molar-refractivity contribution in [3.05, 3.63) is 29.3 Å². The highest BCUT2D eigenvalue weighted by molar-refractivity contribution is 6.30. The maximum absolute atomic E-state index is 12.7. The molecule has 0 bridgehead atoms. The molecule has 0 aliphatic carbocycles. The van der Waals surface area contributed by atoms with Crippen LogP contribution in [0.15, 0.2) is 24.3 Å². The lowest BCUT2D eigenvalue weighted by atomic mass is 10.0. The van der Waals surface area contributed by atoms with Crippen molar-refractivity contribution in [3.8, 4) is 0 Å². The van der Waals surface area contributed by atoms with E-state index in [1.165, 1.54) is 0 Å². The lowest BCUT2D eigenvalue weighted by Crippen LogP contribution is -2.57. The van der Waals surface area contributed by atoms with E-state index in [0.29, 0.717) is 13.1 Å². The highest BCUT2D eigenvalue weighted by atomic mass is 35.5. The molecule has 2 aliphatic rings. The van der Waals surface area contributed by atoms with Crippen LogP contribution in [-0.4, -0.2) is 67.0 Å². The first-order valence-electron chi connectivity index (χ1n) is 9.80. The van der Waals surface area contributed by atoms with Crippen molar-refractivity contribution in [3.63, 3.8) is 0 Å². The van der Waals surface area contributed by atoms with Crippen LogP contribution < -0.4 is 10.2 Å². The van der Waals surface area contributed by atoms with Gasteiger partial charge in [0.15, 0.2) is 0 Å². The summed E-state index contributed by atoms with van der Waals surface area (Å²) in [4.78, 5) is 31.4. The van der Waals surface area contributed by atoms with Crippen molar-refractivity contribution < 1.29 is 9.59 Å². The standard InChI is InChI=1S/C20H29ClN4O2/c1-15(2)18(19(26)24-9-3-4-10-24)22-20(27)25-13-11-23(12-14-25)17-7-5-16(21)6-8-17/h5-8,15,18H,3-4,9-14H2,1-2H3,(H,22,27)/t18-/m1/s1. The minimum Gasteiger partial charge on any atom is -0.368 e. The number of carbonyl (C=O) groups excluding carboxylic acids is 2. The number of piperazine rings is 1. The Morgan fingerprint density at radius 1 is 0.926 bits per heavy atom. The Labute approximate surface area is 166 Å². The summed E-state index contributed by atoms with van der Waals surface area (Å²) in [6.45, 7) is 8.38. The summed E-state index contributed by atoms with van der Waals surface area (Å²) in [5.74, 6) is 0.119. The lowest BCUT2D eigenvalue weighted by Gasteiger charge is -2.37. The van der Waals surface area contributed by atoms with Gasteiger partial charge in [-0.2, -0.15) is 0 Å². The number of nitrogens with zero attached hydrogens (tertiary/aromatic N) is 3. The van der Waals surface area contributed by atoms with Crippen LogP contribution in [0, 0.1) is 5.92 Å². The molecule has 2 fully saturated rings. The number of halogens is 1. The SMILES string of the molecule is CC(C)[C@@H](NC(=O)N1CCN(c2ccc(Cl)cc2)CC1)C(=O)N1CCCC1. The molecule has 1 atom stereocenters. The second kappa shape index (κ2) is 8.83. The summed E-state index contributed by atoms with van der Waals surface area (Å²) in [6, 6.07) is 7.17. The Kier molecular flexibility index (Phi) is 6.47. The summed E-state index contributed by atoms with van der Waals surface area (Å²) < 4.78 is 0. The molecular weight excluding hydrogens is 364 g/mol. The molecule has 7 heteroatoms. The van der Waals surface area contributed by atoms with Crippen LogP contribution in [0.1, 0.15) is 26.7 Å². The molecule has 0 aromatic heterocycles. The number of benzene rings is 1. The van der Waals surface area contributed by atoms with E-state index in [0.717, 1.165) is 49.7 Å². The van der Waals surface area contributed by atoms with Crippen LogP contribution in [0.2, 0.25) is 5.02 Å². The Bertz CT molecular complexity index is 650. The Morgan fingerprint density at radius 2 is 1.52 bits per heavy atom. The topological polar surface area (TPSA) is 55.9 Å². The molecule has 148 valence electrons. The van der Waals surface area contributed by atoms with Gasteiger partial charge < -0.3 is 20.0 Å². The molecule has 2 saturated heterocycles. The van der Waals surface area contributed by atoms with Crippen LogP contribution in [-0.2, 0) is 4.79 Å². The van der Waals surface area contributed by atoms with Crippen molar-refractivity contribution in [2.75, 3.05) is 44.2 Å². The van der Waals surface area contributed by atoms with Gasteiger partial charge in [-0.3, -0.25) is 4.79 Å². The second-order valence-corrected chi connectivity index (χ2v) is 8.09. The van der Waals surface area contributed by atoms with E-state index in [2.05, 4.69) is 10.2 Å². The highest BCUT2D eigenvalue weighted by Crippen LogP contribution is 2.20. The van der Waals surface area contributed by atoms with Gasteiger partial charge in [-0.1, -0.05) is 25.4 Å². The Hall–Kier alpha value is -1.95. The van der Waals surface area contributed by atoms with Gasteiger partial charge in [-0.05, 0) is 43.0 Å². The molecule has 1 aromatic rings. The average molecular weight is 393 g/mol. The molecule has 2 heterocycles. The molecule has 0 radical (unpaired) electrons. The first-order valence-corrected chi connectivity index (χ1v) is 10.2. The Balaban J connectivity index is 1.54. The zero-order valence-electron chi connectivity index (χ0n) is 16.2. The lowest BCUT2D eigenvalue weighted by molar-refractivity contribution is -0.133. The van der Waals surface area contributed by atoms with Gasteiger partial charge in [-0.15, -0.1) is 0 Å². The molecule has 2 aliphatic heterocycles. The van der Waals surface area contributed by atoms with Crippen LogP contribution in [0.3, 0.4) is 0 Å². The summed E-state index contributed by atoms with van der Waals surface area (Å²) >= 11 is 5.95. The molecule has 1 N–H and O–H groups in total. The van der Waals surface area contributed by atoms with E-state index in [4.69, 9.17) is 11.6 Å². The third kappa shape index (κ3) is 4.86. The van der Waals surface area contributed by atoms with Gasteiger partial charge in [0.1, 0.15) is 6.04 Å². The Morgan fingerprint density at radius 3 is 2.07 bits per heavy atom. The van der Waals surface area contributed by atoms with Crippen LogP contribution in [0.4, 0.5) is 10.5 Å². The summed E-state index contributed by atoms with van der Waals surface area (Å²) in [5.41, 5.74) is 1.11. The monoisotopic (exact) mass is 392 g/mol. The molecule has 0 spiro atoms. The number of carbonyl (C=O) groups is 2.